The maximum Gasteiger partial charge on any atom is 0.337 e. The number of nitrogens with one attached hydrogen (secondary N) is 2. The summed E-state index contributed by atoms with van der Waals surface area (Å²) in [6.07, 6.45) is 0. The normalized spacial score (nSPS) is 17.0. The lowest BCUT2D eigenvalue weighted by molar-refractivity contribution is -0.150. The highest BCUT2D eigenvalue weighted by atomic mass is 79.9. The zero-order valence-corrected chi connectivity index (χ0v) is 21.4. The van der Waals surface area contributed by atoms with Crippen molar-refractivity contribution in [3.8, 4) is 6.07 Å². The minimum absolute atomic E-state index is 0.0275. The molecule has 1 heterocycles. The van der Waals surface area contributed by atoms with Gasteiger partial charge in [-0.2, -0.15) is 5.26 Å². The number of hydrogen-bond acceptors (Lipinski definition) is 8. The molecule has 0 saturated carbocycles. The smallest absolute Gasteiger partial charge is 0.337 e. The molecule has 3 rings (SSSR count). The lowest BCUT2D eigenvalue weighted by Crippen LogP contribution is -2.44. The first kappa shape index (κ1) is 26.9. The second kappa shape index (κ2) is 11.8. The number of benzene rings is 2. The molecule has 0 unspecified atom stereocenters. The van der Waals surface area contributed by atoms with E-state index in [0.717, 1.165) is 18.9 Å². The molecule has 0 radical (unpaired) electrons. The Kier molecular flexibility index (Phi) is 8.84. The van der Waals surface area contributed by atoms with Crippen LogP contribution in [0.3, 0.4) is 0 Å². The summed E-state index contributed by atoms with van der Waals surface area (Å²) in [5.41, 5.74) is 0.651. The highest BCUT2D eigenvalue weighted by molar-refractivity contribution is 9.10. The van der Waals surface area contributed by atoms with Gasteiger partial charge in [0.05, 0.1) is 47.9 Å². The van der Waals surface area contributed by atoms with Crippen molar-refractivity contribution in [1.82, 2.24) is 5.32 Å². The molecule has 0 aromatic heterocycles. The summed E-state index contributed by atoms with van der Waals surface area (Å²) in [7, 11) is 2.36. The molecule has 1 aliphatic rings. The molecule has 2 atom stereocenters. The van der Waals surface area contributed by atoms with E-state index in [9.17, 15) is 28.8 Å². The summed E-state index contributed by atoms with van der Waals surface area (Å²) in [6.45, 7) is 0. The summed E-state index contributed by atoms with van der Waals surface area (Å²) in [6, 6.07) is 12.1. The molecule has 0 spiro atoms. The van der Waals surface area contributed by atoms with Crippen LogP contribution in [0.4, 0.5) is 10.1 Å². The van der Waals surface area contributed by atoms with Crippen LogP contribution in [0.15, 0.2) is 57.5 Å². The molecule has 0 saturated heterocycles. The lowest BCUT2D eigenvalue weighted by atomic mass is 9.78. The van der Waals surface area contributed by atoms with Crippen LogP contribution < -0.4 is 10.6 Å². The van der Waals surface area contributed by atoms with Crippen LogP contribution in [0.5, 0.6) is 0 Å². The third-order valence-corrected chi connectivity index (χ3v) is 6.74. The Morgan fingerprint density at radius 1 is 1.17 bits per heavy atom. The first-order valence-electron chi connectivity index (χ1n) is 10.3. The number of esters is 2. The molecular weight excluding hydrogens is 557 g/mol. The molecule has 186 valence electrons. The Morgan fingerprint density at radius 3 is 2.44 bits per heavy atom. The van der Waals surface area contributed by atoms with Gasteiger partial charge in [0.2, 0.25) is 11.8 Å². The van der Waals surface area contributed by atoms with E-state index in [2.05, 4.69) is 31.3 Å². The largest absolute Gasteiger partial charge is 0.468 e. The predicted octanol–water partition coefficient (Wildman–Crippen LogP) is 3.48. The Labute approximate surface area is 218 Å². The number of hydrogen-bond donors (Lipinski definition) is 2. The number of carbonyl (C=O) groups excluding carboxylic acids is 4. The number of nitrogens with zero attached hydrogens (tertiary/aromatic N) is 1. The zero-order chi connectivity index (χ0) is 26.4. The van der Waals surface area contributed by atoms with Crippen molar-refractivity contribution in [2.24, 2.45) is 5.92 Å². The van der Waals surface area contributed by atoms with Crippen LogP contribution >= 0.6 is 27.7 Å². The van der Waals surface area contributed by atoms with E-state index in [4.69, 9.17) is 4.74 Å². The van der Waals surface area contributed by atoms with Gasteiger partial charge in [-0.1, -0.05) is 39.8 Å². The third-order valence-electron chi connectivity index (χ3n) is 5.23. The minimum atomic E-state index is -1.37. The molecule has 0 fully saturated rings. The van der Waals surface area contributed by atoms with Gasteiger partial charge in [-0.05, 0) is 35.9 Å². The summed E-state index contributed by atoms with van der Waals surface area (Å²) in [5.74, 6) is -6.02. The van der Waals surface area contributed by atoms with E-state index in [0.29, 0.717) is 10.0 Å². The predicted molar refractivity (Wildman–Crippen MR) is 132 cm³/mol. The fraction of sp³-hybridized carbons (Fsp3) is 0.208. The first-order valence-corrected chi connectivity index (χ1v) is 12.1. The van der Waals surface area contributed by atoms with Crippen LogP contribution in [0, 0.1) is 23.1 Å². The number of allylic oxidation sites excluding steroid dienone is 1. The van der Waals surface area contributed by atoms with E-state index in [1.807, 2.05) is 6.07 Å². The minimum Gasteiger partial charge on any atom is -0.468 e. The Morgan fingerprint density at radius 2 is 1.86 bits per heavy atom. The number of thioether (sulfide) groups is 1. The summed E-state index contributed by atoms with van der Waals surface area (Å²) in [4.78, 5) is 49.6. The average Bonchev–Trinajstić information content (AvgIpc) is 2.87. The molecule has 9 nitrogen and oxygen atoms in total. The van der Waals surface area contributed by atoms with Gasteiger partial charge in [-0.25, -0.2) is 9.18 Å². The topological polar surface area (TPSA) is 135 Å². The molecule has 0 bridgehead atoms. The van der Waals surface area contributed by atoms with Crippen molar-refractivity contribution in [3.05, 3.63) is 74.5 Å². The van der Waals surface area contributed by atoms with Gasteiger partial charge in [0.15, 0.2) is 0 Å². The van der Waals surface area contributed by atoms with Gasteiger partial charge in [0, 0.05) is 10.4 Å². The van der Waals surface area contributed by atoms with E-state index in [1.54, 1.807) is 6.07 Å². The fourth-order valence-corrected chi connectivity index (χ4v) is 4.72. The molecular formula is C24H19BrFN3O6S. The molecule has 2 aromatic carbocycles. The van der Waals surface area contributed by atoms with Crippen molar-refractivity contribution in [2.75, 3.05) is 25.3 Å². The number of carbonyl (C=O) groups is 4. The number of ether oxygens (including phenoxy) is 2. The van der Waals surface area contributed by atoms with Crippen molar-refractivity contribution in [1.29, 1.82) is 5.26 Å². The van der Waals surface area contributed by atoms with Gasteiger partial charge in [-0.3, -0.25) is 14.4 Å². The van der Waals surface area contributed by atoms with Crippen molar-refractivity contribution in [2.45, 2.75) is 5.92 Å². The maximum absolute atomic E-state index is 14.0. The molecule has 0 aliphatic carbocycles. The number of methoxy groups -OCH3 is 2. The van der Waals surface area contributed by atoms with Gasteiger partial charge in [-0.15, -0.1) is 0 Å². The number of anilines is 1. The van der Waals surface area contributed by atoms with E-state index in [-0.39, 0.29) is 27.6 Å². The Balaban J connectivity index is 1.91. The third kappa shape index (κ3) is 5.92. The monoisotopic (exact) mass is 575 g/mol. The van der Waals surface area contributed by atoms with Crippen molar-refractivity contribution in [3.63, 3.8) is 0 Å². The number of amides is 2. The van der Waals surface area contributed by atoms with Gasteiger partial charge >= 0.3 is 11.9 Å². The SMILES string of the molecule is COC(=O)c1ccc([C@H]2C(C#N)=C(SCC(=O)Nc3ccc(Br)cc3F)NC(=O)[C@H]2C(=O)OC)cc1. The summed E-state index contributed by atoms with van der Waals surface area (Å²) in [5, 5.41) is 15.0. The van der Waals surface area contributed by atoms with Gasteiger partial charge in [0.25, 0.3) is 0 Å². The second-order valence-electron chi connectivity index (χ2n) is 7.40. The quantitative estimate of drug-likeness (QED) is 0.378. The molecule has 2 amide bonds. The Bertz CT molecular complexity index is 1290. The van der Waals surface area contributed by atoms with Crippen molar-refractivity contribution < 1.29 is 33.0 Å². The van der Waals surface area contributed by atoms with E-state index >= 15 is 0 Å². The number of halogens is 2. The van der Waals surface area contributed by atoms with Gasteiger partial charge in [0.1, 0.15) is 11.7 Å². The summed E-state index contributed by atoms with van der Waals surface area (Å²) >= 11 is 3.99. The summed E-state index contributed by atoms with van der Waals surface area (Å²) < 4.78 is 24.0. The lowest BCUT2D eigenvalue weighted by Gasteiger charge is -2.31. The molecule has 36 heavy (non-hydrogen) atoms. The van der Waals surface area contributed by atoms with Crippen LogP contribution in [-0.2, 0) is 23.9 Å². The first-order chi connectivity index (χ1) is 17.2. The number of nitriles is 1. The van der Waals surface area contributed by atoms with Crippen LogP contribution in [0.1, 0.15) is 21.8 Å². The highest BCUT2D eigenvalue weighted by Crippen LogP contribution is 2.40. The molecule has 12 heteroatoms. The van der Waals surface area contributed by atoms with Crippen LogP contribution in [0.2, 0.25) is 0 Å². The molecule has 1 aliphatic heterocycles. The molecule has 2 aromatic rings. The highest BCUT2D eigenvalue weighted by Gasteiger charge is 2.44. The van der Waals surface area contributed by atoms with E-state index in [1.165, 1.54) is 43.5 Å². The molecule has 2 N–H and O–H groups in total. The average molecular weight is 576 g/mol. The zero-order valence-electron chi connectivity index (χ0n) is 19.0. The van der Waals surface area contributed by atoms with E-state index < -0.39 is 41.4 Å². The second-order valence-corrected chi connectivity index (χ2v) is 9.30. The maximum atomic E-state index is 14.0. The van der Waals surface area contributed by atoms with Crippen LogP contribution in [-0.4, -0.2) is 43.7 Å². The number of rotatable bonds is 7. The Hall–Kier alpha value is -3.69. The van der Waals surface area contributed by atoms with Gasteiger partial charge < -0.3 is 20.1 Å². The standard InChI is InChI=1S/C24H19BrFN3O6S/c1-34-23(32)13-5-3-12(4-6-13)19-15(10-27)22(29-21(31)20(19)24(33)35-2)36-11-18(30)28-17-8-7-14(25)9-16(17)26/h3-9,19-20H,11H2,1-2H3,(H,28,30)(H,29,31)/t19-,20-/m0/s1. The fourth-order valence-electron chi connectivity index (χ4n) is 3.54. The van der Waals surface area contributed by atoms with Crippen molar-refractivity contribution >= 4 is 57.1 Å². The van der Waals surface area contributed by atoms with Crippen LogP contribution in [0.25, 0.3) is 0 Å².